The monoisotopic (exact) mass is 570 g/mol. The topological polar surface area (TPSA) is 153 Å². The third-order valence-corrected chi connectivity index (χ3v) is 7.94. The van der Waals surface area contributed by atoms with Crippen LogP contribution in [-0.4, -0.2) is 41.7 Å². The van der Waals surface area contributed by atoms with Crippen LogP contribution in [0.4, 0.5) is 29.3 Å². The Bertz CT molecular complexity index is 1540. The van der Waals surface area contributed by atoms with Gasteiger partial charge in [-0.05, 0) is 57.2 Å². The van der Waals surface area contributed by atoms with E-state index in [4.69, 9.17) is 9.47 Å². The second kappa shape index (κ2) is 9.94. The molecular weight excluding hydrogens is 545 g/mol. The number of aromatic nitrogens is 2. The predicted octanol–water partition coefficient (Wildman–Crippen LogP) is 4.34. The fourth-order valence-corrected chi connectivity index (χ4v) is 5.68. The predicted molar refractivity (Wildman–Crippen MR) is 132 cm³/mol. The van der Waals surface area contributed by atoms with E-state index in [9.17, 15) is 31.2 Å². The Labute approximate surface area is 220 Å². The smallest absolute Gasteiger partial charge is 0.438 e. The number of rotatable bonds is 6. The van der Waals surface area contributed by atoms with Crippen molar-refractivity contribution < 1.29 is 40.4 Å². The molecule has 0 bridgehead atoms. The summed E-state index contributed by atoms with van der Waals surface area (Å²) in [5.74, 6) is -0.747. The molecule has 15 heteroatoms. The lowest BCUT2D eigenvalue weighted by atomic mass is 10.1. The van der Waals surface area contributed by atoms with Crippen molar-refractivity contribution >= 4 is 27.3 Å². The molecular formula is C24H25F3N4O7S. The van der Waals surface area contributed by atoms with Crippen LogP contribution >= 0.6 is 0 Å². The van der Waals surface area contributed by atoms with Crippen LogP contribution in [0.1, 0.15) is 38.6 Å². The van der Waals surface area contributed by atoms with E-state index in [-0.39, 0.29) is 31.0 Å². The Morgan fingerprint density at radius 2 is 1.92 bits per heavy atom. The maximum absolute atomic E-state index is 13.8. The van der Waals surface area contributed by atoms with Crippen molar-refractivity contribution in [3.8, 4) is 5.75 Å². The highest BCUT2D eigenvalue weighted by molar-refractivity contribution is 7.92. The van der Waals surface area contributed by atoms with Crippen LogP contribution < -0.4 is 21.1 Å². The van der Waals surface area contributed by atoms with Crippen LogP contribution in [0.25, 0.3) is 0 Å². The highest BCUT2D eigenvalue weighted by atomic mass is 32.2. The number of fused-ring (bicyclic) bond motifs is 1. The molecule has 1 aromatic heterocycles. The zero-order chi connectivity index (χ0) is 28.6. The Balaban J connectivity index is 1.68. The zero-order valence-corrected chi connectivity index (χ0v) is 21.8. The highest BCUT2D eigenvalue weighted by Crippen LogP contribution is 2.42. The van der Waals surface area contributed by atoms with E-state index in [0.717, 1.165) is 18.2 Å². The minimum atomic E-state index is -4.77. The number of alkyl halides is 3. The van der Waals surface area contributed by atoms with Crippen molar-refractivity contribution in [1.82, 2.24) is 10.1 Å². The van der Waals surface area contributed by atoms with E-state index < -0.39 is 48.9 Å². The van der Waals surface area contributed by atoms with Gasteiger partial charge in [0.15, 0.2) is 5.82 Å². The van der Waals surface area contributed by atoms with Gasteiger partial charge in [0.05, 0.1) is 22.7 Å². The SMILES string of the molecule is CC(C)(C)OC(=O)Nc1ccc2c(c1)NC[C@](CCc1noc(=O)[nH]1)(S(=O)(=O)c1cccc(C(F)(F)F)c1)O2. The van der Waals surface area contributed by atoms with Gasteiger partial charge in [0.1, 0.15) is 11.4 Å². The molecule has 1 aliphatic rings. The molecule has 3 N–H and O–H groups in total. The van der Waals surface area contributed by atoms with Crippen LogP contribution in [0.2, 0.25) is 0 Å². The lowest BCUT2D eigenvalue weighted by Gasteiger charge is -2.38. The number of anilines is 2. The number of amides is 1. The summed E-state index contributed by atoms with van der Waals surface area (Å²) in [6.07, 6.45) is -5.92. The minimum Gasteiger partial charge on any atom is -0.467 e. The Kier molecular flexibility index (Phi) is 7.14. The first-order valence-electron chi connectivity index (χ1n) is 11.6. The number of halogens is 3. The van der Waals surface area contributed by atoms with E-state index in [1.807, 2.05) is 0 Å². The molecule has 1 atom stereocenters. The first kappa shape index (κ1) is 28.0. The van der Waals surface area contributed by atoms with Crippen LogP contribution in [-0.2, 0) is 27.2 Å². The van der Waals surface area contributed by atoms with Gasteiger partial charge in [0, 0.05) is 18.5 Å². The second-order valence-electron chi connectivity index (χ2n) is 9.77. The molecule has 11 nitrogen and oxygen atoms in total. The molecule has 4 rings (SSSR count). The molecule has 1 aliphatic heterocycles. The Hall–Kier alpha value is -4.01. The van der Waals surface area contributed by atoms with Crippen molar-refractivity contribution in [2.75, 3.05) is 17.2 Å². The van der Waals surface area contributed by atoms with E-state index in [2.05, 4.69) is 25.3 Å². The number of benzene rings is 2. The van der Waals surface area contributed by atoms with Gasteiger partial charge < -0.3 is 14.8 Å². The van der Waals surface area contributed by atoms with Gasteiger partial charge in [0.25, 0.3) is 0 Å². The van der Waals surface area contributed by atoms with Crippen LogP contribution in [0.5, 0.6) is 5.75 Å². The van der Waals surface area contributed by atoms with Crippen molar-refractivity contribution in [2.24, 2.45) is 0 Å². The van der Waals surface area contributed by atoms with Crippen molar-refractivity contribution in [2.45, 2.75) is 55.2 Å². The van der Waals surface area contributed by atoms with Gasteiger partial charge in [-0.3, -0.25) is 14.8 Å². The molecule has 2 heterocycles. The van der Waals surface area contributed by atoms with Gasteiger partial charge >= 0.3 is 18.0 Å². The Morgan fingerprint density at radius 1 is 1.18 bits per heavy atom. The average Bonchev–Trinajstić information content (AvgIpc) is 3.26. The summed E-state index contributed by atoms with van der Waals surface area (Å²) in [6.45, 7) is 4.73. The molecule has 3 aromatic rings. The third kappa shape index (κ3) is 6.19. The van der Waals surface area contributed by atoms with Gasteiger partial charge in [0.2, 0.25) is 14.8 Å². The lowest BCUT2D eigenvalue weighted by molar-refractivity contribution is -0.137. The summed E-state index contributed by atoms with van der Waals surface area (Å²) >= 11 is 0. The quantitative estimate of drug-likeness (QED) is 0.393. The second-order valence-corrected chi connectivity index (χ2v) is 12.0. The zero-order valence-electron chi connectivity index (χ0n) is 21.0. The molecule has 1 amide bonds. The average molecular weight is 571 g/mol. The van der Waals surface area contributed by atoms with Crippen molar-refractivity contribution in [1.29, 1.82) is 0 Å². The first-order chi connectivity index (χ1) is 18.1. The number of nitrogens with one attached hydrogen (secondary N) is 3. The fraction of sp³-hybridized carbons (Fsp3) is 0.375. The number of carbonyl (C=O) groups is 1. The van der Waals surface area contributed by atoms with Gasteiger partial charge in [-0.1, -0.05) is 11.2 Å². The number of nitrogens with zero attached hydrogens (tertiary/aromatic N) is 1. The maximum atomic E-state index is 13.8. The van der Waals surface area contributed by atoms with E-state index in [1.54, 1.807) is 20.8 Å². The van der Waals surface area contributed by atoms with Crippen LogP contribution in [0.15, 0.2) is 56.7 Å². The van der Waals surface area contributed by atoms with E-state index in [0.29, 0.717) is 17.4 Å². The fourth-order valence-electron chi connectivity index (χ4n) is 3.88. The van der Waals surface area contributed by atoms with Gasteiger partial charge in [-0.25, -0.2) is 18.0 Å². The highest BCUT2D eigenvalue weighted by Gasteiger charge is 2.50. The summed E-state index contributed by atoms with van der Waals surface area (Å²) in [4.78, 5) is 23.1. The number of hydrogen-bond donors (Lipinski definition) is 3. The molecule has 39 heavy (non-hydrogen) atoms. The number of carbonyl (C=O) groups excluding carboxylic acids is 1. The number of ether oxygens (including phenoxy) is 2. The van der Waals surface area contributed by atoms with Crippen LogP contribution in [0, 0.1) is 0 Å². The lowest BCUT2D eigenvalue weighted by Crippen LogP contribution is -2.52. The number of hydrogen-bond acceptors (Lipinski definition) is 9. The summed E-state index contributed by atoms with van der Waals surface area (Å²) in [5.41, 5.74) is -1.21. The Morgan fingerprint density at radius 3 is 2.56 bits per heavy atom. The van der Waals surface area contributed by atoms with E-state index in [1.165, 1.54) is 18.2 Å². The largest absolute Gasteiger partial charge is 0.467 e. The molecule has 0 unspecified atom stereocenters. The number of aryl methyl sites for hydroxylation is 1. The number of H-pyrrole nitrogens is 1. The molecule has 0 radical (unpaired) electrons. The molecule has 0 spiro atoms. The number of sulfone groups is 1. The molecule has 210 valence electrons. The molecule has 0 fully saturated rings. The molecule has 0 aliphatic carbocycles. The summed E-state index contributed by atoms with van der Waals surface area (Å²) in [6, 6.07) is 7.71. The molecule has 2 aromatic carbocycles. The third-order valence-electron chi connectivity index (χ3n) is 5.66. The number of aromatic amines is 1. The minimum absolute atomic E-state index is 0.0323. The summed E-state index contributed by atoms with van der Waals surface area (Å²) in [7, 11) is -4.59. The van der Waals surface area contributed by atoms with Gasteiger partial charge in [-0.15, -0.1) is 0 Å². The normalized spacial score (nSPS) is 17.5. The molecule has 0 saturated carbocycles. The summed E-state index contributed by atoms with van der Waals surface area (Å²) in [5, 5.41) is 9.03. The first-order valence-corrected chi connectivity index (χ1v) is 13.1. The maximum Gasteiger partial charge on any atom is 0.438 e. The van der Waals surface area contributed by atoms with Crippen molar-refractivity contribution in [3.63, 3.8) is 0 Å². The van der Waals surface area contributed by atoms with E-state index >= 15 is 0 Å². The van der Waals surface area contributed by atoms with Gasteiger partial charge in [-0.2, -0.15) is 13.2 Å². The van der Waals surface area contributed by atoms with Crippen LogP contribution in [0.3, 0.4) is 0 Å². The standard InChI is InChI=1S/C24H25F3N4O7S/c1-22(2,3)37-20(32)29-15-7-8-18-17(12-15)28-13-23(36-18,10-9-19-30-21(33)38-31-19)39(34,35)16-6-4-5-14(11-16)24(25,26)27/h4-8,11-12,28H,9-10,13H2,1-3H3,(H,29,32)(H,30,31,33)/t23-/m0/s1. The van der Waals surface area contributed by atoms with Crippen molar-refractivity contribution in [3.05, 3.63) is 64.4 Å². The molecule has 0 saturated heterocycles. The summed E-state index contributed by atoms with van der Waals surface area (Å²) < 4.78 is 83.4.